The summed E-state index contributed by atoms with van der Waals surface area (Å²) in [6, 6.07) is 7.60. The number of carbonyl (C=O) groups excluding carboxylic acids is 1. The number of amides is 1. The first-order valence-electron chi connectivity index (χ1n) is 7.58. The van der Waals surface area contributed by atoms with Crippen LogP contribution in [0.25, 0.3) is 0 Å². The van der Waals surface area contributed by atoms with E-state index < -0.39 is 0 Å². The number of likely N-dealkylation sites (tertiary alicyclic amines) is 1. The molecule has 0 bridgehead atoms. The van der Waals surface area contributed by atoms with Gasteiger partial charge in [-0.05, 0) is 31.9 Å². The first-order valence-corrected chi connectivity index (χ1v) is 8.84. The van der Waals surface area contributed by atoms with Crippen LogP contribution < -0.4 is 0 Å². The molecule has 0 aliphatic carbocycles. The molecule has 1 aliphatic rings. The molecule has 0 saturated carbocycles. The lowest BCUT2D eigenvalue weighted by Gasteiger charge is -2.33. The second-order valence-corrected chi connectivity index (χ2v) is 7.37. The summed E-state index contributed by atoms with van der Waals surface area (Å²) in [6.07, 6.45) is 1.93. The number of carbonyl (C=O) groups is 1. The van der Waals surface area contributed by atoms with Crippen LogP contribution in [0.2, 0.25) is 5.02 Å². The third kappa shape index (κ3) is 3.84. The lowest BCUT2D eigenvalue weighted by Crippen LogP contribution is -2.42. The molecule has 2 atom stereocenters. The van der Waals surface area contributed by atoms with Crippen molar-refractivity contribution in [3.63, 3.8) is 0 Å². The van der Waals surface area contributed by atoms with Crippen molar-refractivity contribution in [2.24, 2.45) is 0 Å². The van der Waals surface area contributed by atoms with Crippen LogP contribution >= 0.6 is 23.4 Å². The molecule has 1 amide bonds. The Kier molecular flexibility index (Phi) is 5.17. The first kappa shape index (κ1) is 16.3. The highest BCUT2D eigenvalue weighted by Crippen LogP contribution is 2.32. The fourth-order valence-corrected chi connectivity index (χ4v) is 4.01. The predicted octanol–water partition coefficient (Wildman–Crippen LogP) is 2.74. The fraction of sp³-hybridized carbons (Fsp3) is 0.467. The molecule has 1 aromatic carbocycles. The van der Waals surface area contributed by atoms with Gasteiger partial charge < -0.3 is 4.90 Å². The quantitative estimate of drug-likeness (QED) is 0.857. The number of halogens is 1. The monoisotopic (exact) mass is 351 g/mol. The molecule has 2 heterocycles. The van der Waals surface area contributed by atoms with Gasteiger partial charge in [-0.3, -0.25) is 4.79 Å². The molecule has 2 unspecified atom stereocenters. The molecule has 3 rings (SSSR count). The standard InChI is InChI=1S/C15H18ClN5OS/c1-10(23-13-7-3-2-6-12(13)16)15(22)21-8-4-5-11(9-21)14-17-19-20-18-14/h2-3,6-7,10-11H,4-5,8-9H2,1H3,(H,17,18,19,20). The SMILES string of the molecule is CC(Sc1ccccc1Cl)C(=O)N1CCCC(c2nn[nH]n2)C1. The van der Waals surface area contributed by atoms with E-state index in [1.54, 1.807) is 0 Å². The third-order valence-electron chi connectivity index (χ3n) is 3.95. The van der Waals surface area contributed by atoms with E-state index in [2.05, 4.69) is 20.6 Å². The second kappa shape index (κ2) is 7.31. The molecule has 1 aliphatic heterocycles. The summed E-state index contributed by atoms with van der Waals surface area (Å²) in [4.78, 5) is 15.6. The van der Waals surface area contributed by atoms with Gasteiger partial charge in [0.05, 0.1) is 10.3 Å². The summed E-state index contributed by atoms with van der Waals surface area (Å²) in [5.41, 5.74) is 0. The van der Waals surface area contributed by atoms with Crippen molar-refractivity contribution in [1.29, 1.82) is 0 Å². The number of nitrogens with zero attached hydrogens (tertiary/aromatic N) is 4. The van der Waals surface area contributed by atoms with Crippen LogP contribution in [-0.2, 0) is 4.79 Å². The van der Waals surface area contributed by atoms with Crippen molar-refractivity contribution in [2.45, 2.75) is 35.8 Å². The number of nitrogens with one attached hydrogen (secondary N) is 1. The zero-order valence-corrected chi connectivity index (χ0v) is 14.3. The van der Waals surface area contributed by atoms with Crippen LogP contribution in [0.5, 0.6) is 0 Å². The van der Waals surface area contributed by atoms with Crippen molar-refractivity contribution < 1.29 is 4.79 Å². The number of hydrogen-bond donors (Lipinski definition) is 1. The molecule has 0 spiro atoms. The fourth-order valence-electron chi connectivity index (χ4n) is 2.77. The van der Waals surface area contributed by atoms with Gasteiger partial charge in [-0.2, -0.15) is 5.21 Å². The van der Waals surface area contributed by atoms with E-state index in [0.29, 0.717) is 17.4 Å². The maximum atomic E-state index is 12.7. The Balaban J connectivity index is 1.64. The molecular weight excluding hydrogens is 334 g/mol. The number of rotatable bonds is 4. The Morgan fingerprint density at radius 2 is 2.30 bits per heavy atom. The first-order chi connectivity index (χ1) is 11.1. The molecule has 8 heteroatoms. The van der Waals surface area contributed by atoms with Crippen LogP contribution in [0, 0.1) is 0 Å². The highest BCUT2D eigenvalue weighted by molar-refractivity contribution is 8.00. The normalized spacial score (nSPS) is 19.6. The van der Waals surface area contributed by atoms with Crippen LogP contribution in [0.4, 0.5) is 0 Å². The van der Waals surface area contributed by atoms with Gasteiger partial charge >= 0.3 is 0 Å². The average Bonchev–Trinajstić information content (AvgIpc) is 3.11. The molecule has 1 saturated heterocycles. The van der Waals surface area contributed by atoms with Gasteiger partial charge in [0.25, 0.3) is 0 Å². The van der Waals surface area contributed by atoms with Crippen molar-refractivity contribution in [2.75, 3.05) is 13.1 Å². The van der Waals surface area contributed by atoms with Crippen LogP contribution in [0.15, 0.2) is 29.2 Å². The summed E-state index contributed by atoms with van der Waals surface area (Å²) in [5, 5.41) is 14.7. The third-order valence-corrected chi connectivity index (χ3v) is 5.55. The zero-order valence-electron chi connectivity index (χ0n) is 12.8. The van der Waals surface area contributed by atoms with Crippen molar-refractivity contribution in [3.8, 4) is 0 Å². The topological polar surface area (TPSA) is 74.8 Å². The number of tetrazole rings is 1. The zero-order chi connectivity index (χ0) is 16.2. The minimum absolute atomic E-state index is 0.128. The lowest BCUT2D eigenvalue weighted by molar-refractivity contribution is -0.131. The van der Waals surface area contributed by atoms with E-state index in [1.165, 1.54) is 11.8 Å². The largest absolute Gasteiger partial charge is 0.341 e. The molecule has 23 heavy (non-hydrogen) atoms. The maximum absolute atomic E-state index is 12.7. The lowest BCUT2D eigenvalue weighted by atomic mass is 9.97. The summed E-state index contributed by atoms with van der Waals surface area (Å²) in [7, 11) is 0. The van der Waals surface area contributed by atoms with E-state index in [4.69, 9.17) is 11.6 Å². The summed E-state index contributed by atoms with van der Waals surface area (Å²) < 4.78 is 0. The van der Waals surface area contributed by atoms with E-state index in [0.717, 1.165) is 24.3 Å². The van der Waals surface area contributed by atoms with Gasteiger partial charge in [-0.15, -0.1) is 22.0 Å². The Hall–Kier alpha value is -1.60. The minimum Gasteiger partial charge on any atom is -0.341 e. The predicted molar refractivity (Wildman–Crippen MR) is 89.5 cm³/mol. The molecule has 6 nitrogen and oxygen atoms in total. The Morgan fingerprint density at radius 3 is 3.04 bits per heavy atom. The van der Waals surface area contributed by atoms with E-state index >= 15 is 0 Å². The Labute approximate surface area is 144 Å². The molecule has 1 fully saturated rings. The highest BCUT2D eigenvalue weighted by Gasteiger charge is 2.30. The van der Waals surface area contributed by atoms with Crippen LogP contribution in [0.3, 0.4) is 0 Å². The van der Waals surface area contributed by atoms with Gasteiger partial charge in [0.2, 0.25) is 5.91 Å². The molecule has 0 radical (unpaired) electrons. The number of aromatic amines is 1. The summed E-state index contributed by atoms with van der Waals surface area (Å²) in [6.45, 7) is 3.35. The Bertz CT molecular complexity index is 666. The van der Waals surface area contributed by atoms with Gasteiger partial charge in [-0.1, -0.05) is 28.9 Å². The number of H-pyrrole nitrogens is 1. The number of benzene rings is 1. The number of aromatic nitrogens is 4. The summed E-state index contributed by atoms with van der Waals surface area (Å²) >= 11 is 7.67. The number of thioether (sulfide) groups is 1. The molecule has 2 aromatic rings. The van der Waals surface area contributed by atoms with Crippen LogP contribution in [0.1, 0.15) is 31.5 Å². The van der Waals surface area contributed by atoms with Gasteiger partial charge in [-0.25, -0.2) is 0 Å². The van der Waals surface area contributed by atoms with E-state index in [-0.39, 0.29) is 17.1 Å². The van der Waals surface area contributed by atoms with Crippen molar-refractivity contribution in [1.82, 2.24) is 25.5 Å². The van der Waals surface area contributed by atoms with Gasteiger partial charge in [0, 0.05) is 23.9 Å². The molecule has 1 N–H and O–H groups in total. The van der Waals surface area contributed by atoms with Crippen molar-refractivity contribution >= 4 is 29.3 Å². The smallest absolute Gasteiger partial charge is 0.235 e. The van der Waals surface area contributed by atoms with Gasteiger partial charge in [0.15, 0.2) is 5.82 Å². The second-order valence-electron chi connectivity index (χ2n) is 5.58. The number of piperidine rings is 1. The van der Waals surface area contributed by atoms with Crippen LogP contribution in [-0.4, -0.2) is 49.8 Å². The number of hydrogen-bond acceptors (Lipinski definition) is 5. The average molecular weight is 352 g/mol. The summed E-state index contributed by atoms with van der Waals surface area (Å²) in [5.74, 6) is 0.973. The van der Waals surface area contributed by atoms with E-state index in [9.17, 15) is 4.79 Å². The molecule has 122 valence electrons. The van der Waals surface area contributed by atoms with E-state index in [1.807, 2.05) is 36.1 Å². The Morgan fingerprint density at radius 1 is 1.48 bits per heavy atom. The molecular formula is C15H18ClN5OS. The van der Waals surface area contributed by atoms with Gasteiger partial charge in [0.1, 0.15) is 0 Å². The van der Waals surface area contributed by atoms with Crippen molar-refractivity contribution in [3.05, 3.63) is 35.1 Å². The maximum Gasteiger partial charge on any atom is 0.235 e. The molecule has 1 aromatic heterocycles. The minimum atomic E-state index is -0.182. The highest BCUT2D eigenvalue weighted by atomic mass is 35.5.